The molecule has 0 spiro atoms. The molecule has 0 aliphatic carbocycles. The minimum absolute atomic E-state index is 0.157. The van der Waals surface area contributed by atoms with Gasteiger partial charge in [0.05, 0.1) is 6.54 Å². The first-order chi connectivity index (χ1) is 7.72. The van der Waals surface area contributed by atoms with Crippen LogP contribution >= 0.6 is 11.5 Å². The Labute approximate surface area is 95.9 Å². The van der Waals surface area contributed by atoms with Crippen molar-refractivity contribution in [3.8, 4) is 0 Å². The molecule has 2 aromatic rings. The van der Waals surface area contributed by atoms with Gasteiger partial charge in [0.2, 0.25) is 0 Å². The highest BCUT2D eigenvalue weighted by Gasteiger charge is 2.10. The van der Waals surface area contributed by atoms with Gasteiger partial charge >= 0.3 is 5.69 Å². The molecule has 0 radical (unpaired) electrons. The molecule has 0 aliphatic rings. The van der Waals surface area contributed by atoms with E-state index in [9.17, 15) is 4.79 Å². The zero-order chi connectivity index (χ0) is 11.5. The summed E-state index contributed by atoms with van der Waals surface area (Å²) in [5.74, 6) is 0. The lowest BCUT2D eigenvalue weighted by molar-refractivity contribution is 0.634. The maximum Gasteiger partial charge on any atom is 0.345 e. The molecule has 0 aliphatic heterocycles. The number of hydrogen-bond donors (Lipinski definition) is 1. The maximum absolute atomic E-state index is 11.6. The van der Waals surface area contributed by atoms with Crippen LogP contribution in [-0.4, -0.2) is 30.5 Å². The molecule has 16 heavy (non-hydrogen) atoms. The van der Waals surface area contributed by atoms with Gasteiger partial charge in [-0.05, 0) is 6.92 Å². The van der Waals surface area contributed by atoms with Gasteiger partial charge in [-0.2, -0.15) is 5.10 Å². The van der Waals surface area contributed by atoms with E-state index in [1.807, 2.05) is 6.92 Å². The van der Waals surface area contributed by atoms with E-state index in [1.165, 1.54) is 27.1 Å². The fourth-order valence-electron chi connectivity index (χ4n) is 1.28. The van der Waals surface area contributed by atoms with Crippen molar-refractivity contribution in [1.29, 1.82) is 0 Å². The van der Waals surface area contributed by atoms with Crippen LogP contribution in [0.4, 0.5) is 5.00 Å². The summed E-state index contributed by atoms with van der Waals surface area (Å²) >= 11 is 1.28. The van der Waals surface area contributed by atoms with Crippen LogP contribution in [0.3, 0.4) is 0 Å². The topological polar surface area (TPSA) is 77.6 Å². The van der Waals surface area contributed by atoms with E-state index in [2.05, 4.69) is 20.0 Å². The molecule has 0 saturated carbocycles. The number of nitrogens with zero attached hydrogens (tertiary/aromatic N) is 5. The van der Waals surface area contributed by atoms with Crippen LogP contribution in [0.15, 0.2) is 11.1 Å². The highest BCUT2D eigenvalue weighted by Crippen LogP contribution is 2.17. The molecule has 7 nitrogen and oxygen atoms in total. The van der Waals surface area contributed by atoms with Crippen molar-refractivity contribution >= 4 is 16.5 Å². The average Bonchev–Trinajstić information content (AvgIpc) is 2.82. The molecule has 0 aromatic carbocycles. The van der Waals surface area contributed by atoms with Crippen LogP contribution in [0, 0.1) is 0 Å². The van der Waals surface area contributed by atoms with E-state index in [4.69, 9.17) is 0 Å². The van der Waals surface area contributed by atoms with Crippen LogP contribution in [0.2, 0.25) is 0 Å². The Hall–Kier alpha value is -1.70. The first-order valence-electron chi connectivity index (χ1n) is 4.86. The molecule has 0 fully saturated rings. The SMILES string of the molecule is CCNc1snnc1Cn1ncn(C)c1=O. The second-order valence-corrected chi connectivity index (χ2v) is 4.02. The fourth-order valence-corrected chi connectivity index (χ4v) is 1.92. The molecule has 1 N–H and O–H groups in total. The Morgan fingerprint density at radius 3 is 3.00 bits per heavy atom. The summed E-state index contributed by atoms with van der Waals surface area (Å²) in [4.78, 5) is 11.6. The Balaban J connectivity index is 2.23. The second kappa shape index (κ2) is 4.44. The summed E-state index contributed by atoms with van der Waals surface area (Å²) in [5, 5.41) is 12.0. The van der Waals surface area contributed by atoms with Crippen LogP contribution in [0.25, 0.3) is 0 Å². The molecular formula is C8H12N6OS. The number of rotatable bonds is 4. The summed E-state index contributed by atoms with van der Waals surface area (Å²) in [5.41, 5.74) is 0.586. The van der Waals surface area contributed by atoms with Gasteiger partial charge in [0.15, 0.2) is 0 Å². The third kappa shape index (κ3) is 1.96. The number of aryl methyl sites for hydroxylation is 1. The van der Waals surface area contributed by atoms with E-state index in [0.717, 1.165) is 17.2 Å². The molecule has 2 heterocycles. The molecule has 2 rings (SSSR count). The lowest BCUT2D eigenvalue weighted by atomic mass is 10.4. The quantitative estimate of drug-likeness (QED) is 0.808. The van der Waals surface area contributed by atoms with Crippen molar-refractivity contribution < 1.29 is 0 Å². The van der Waals surface area contributed by atoms with E-state index in [1.54, 1.807) is 7.05 Å². The normalized spacial score (nSPS) is 10.6. The largest absolute Gasteiger partial charge is 0.374 e. The monoisotopic (exact) mass is 240 g/mol. The van der Waals surface area contributed by atoms with Crippen LogP contribution in [-0.2, 0) is 13.6 Å². The molecule has 0 saturated heterocycles. The summed E-state index contributed by atoms with van der Waals surface area (Å²) < 4.78 is 6.63. The highest BCUT2D eigenvalue weighted by atomic mass is 32.1. The summed E-state index contributed by atoms with van der Waals surface area (Å²) in [7, 11) is 1.66. The molecule has 2 aromatic heterocycles. The predicted octanol–water partition coefficient (Wildman–Crippen LogP) is -0.0866. The Kier molecular flexibility index (Phi) is 3.00. The van der Waals surface area contributed by atoms with Gasteiger partial charge in [0, 0.05) is 25.1 Å². The first kappa shape index (κ1) is 10.8. The molecule has 86 valence electrons. The van der Waals surface area contributed by atoms with Crippen LogP contribution < -0.4 is 11.0 Å². The molecule has 0 atom stereocenters. The van der Waals surface area contributed by atoms with Crippen LogP contribution in [0.5, 0.6) is 0 Å². The van der Waals surface area contributed by atoms with Gasteiger partial charge in [-0.25, -0.2) is 9.48 Å². The summed E-state index contributed by atoms with van der Waals surface area (Å²) in [6.07, 6.45) is 1.48. The van der Waals surface area contributed by atoms with E-state index < -0.39 is 0 Å². The van der Waals surface area contributed by atoms with Gasteiger partial charge in [-0.3, -0.25) is 4.57 Å². The number of hydrogen-bond acceptors (Lipinski definition) is 6. The third-order valence-electron chi connectivity index (χ3n) is 2.08. The standard InChI is InChI=1S/C8H12N6OS/c1-3-9-7-6(11-12-16-7)4-14-8(15)13(2)5-10-14/h5,9H,3-4H2,1-2H3. The lowest BCUT2D eigenvalue weighted by Gasteiger charge is -2.01. The molecular weight excluding hydrogens is 228 g/mol. The maximum atomic E-state index is 11.6. The van der Waals surface area contributed by atoms with Crippen molar-refractivity contribution in [2.45, 2.75) is 13.5 Å². The number of nitrogens with one attached hydrogen (secondary N) is 1. The smallest absolute Gasteiger partial charge is 0.345 e. The minimum atomic E-state index is -0.157. The second-order valence-electron chi connectivity index (χ2n) is 3.26. The molecule has 8 heteroatoms. The first-order valence-corrected chi connectivity index (χ1v) is 5.63. The number of aromatic nitrogens is 5. The Morgan fingerprint density at radius 1 is 1.56 bits per heavy atom. The Bertz CT molecular complexity index is 527. The van der Waals surface area contributed by atoms with Crippen molar-refractivity contribution in [1.82, 2.24) is 23.9 Å². The van der Waals surface area contributed by atoms with E-state index in [-0.39, 0.29) is 5.69 Å². The highest BCUT2D eigenvalue weighted by molar-refractivity contribution is 7.10. The third-order valence-corrected chi connectivity index (χ3v) is 2.81. The van der Waals surface area contributed by atoms with Gasteiger partial charge in [-0.15, -0.1) is 5.10 Å². The van der Waals surface area contributed by atoms with Gasteiger partial charge in [-0.1, -0.05) is 4.49 Å². The van der Waals surface area contributed by atoms with E-state index in [0.29, 0.717) is 6.54 Å². The molecule has 0 bridgehead atoms. The predicted molar refractivity (Wildman–Crippen MR) is 60.6 cm³/mol. The number of anilines is 1. The van der Waals surface area contributed by atoms with Gasteiger partial charge in [0.25, 0.3) is 0 Å². The van der Waals surface area contributed by atoms with E-state index >= 15 is 0 Å². The molecule has 0 amide bonds. The van der Waals surface area contributed by atoms with Crippen molar-refractivity contribution in [2.75, 3.05) is 11.9 Å². The summed E-state index contributed by atoms with van der Waals surface area (Å²) in [6, 6.07) is 0. The minimum Gasteiger partial charge on any atom is -0.374 e. The van der Waals surface area contributed by atoms with Crippen molar-refractivity contribution in [3.63, 3.8) is 0 Å². The zero-order valence-electron chi connectivity index (χ0n) is 9.04. The average molecular weight is 240 g/mol. The molecule has 0 unspecified atom stereocenters. The lowest BCUT2D eigenvalue weighted by Crippen LogP contribution is -2.23. The van der Waals surface area contributed by atoms with Crippen molar-refractivity contribution in [2.24, 2.45) is 7.05 Å². The fraction of sp³-hybridized carbons (Fsp3) is 0.500. The van der Waals surface area contributed by atoms with Crippen molar-refractivity contribution in [3.05, 3.63) is 22.5 Å². The Morgan fingerprint density at radius 2 is 2.38 bits per heavy atom. The van der Waals surface area contributed by atoms with Gasteiger partial charge < -0.3 is 5.32 Å². The van der Waals surface area contributed by atoms with Crippen LogP contribution in [0.1, 0.15) is 12.6 Å². The zero-order valence-corrected chi connectivity index (χ0v) is 9.86. The summed E-state index contributed by atoms with van der Waals surface area (Å²) in [6.45, 7) is 3.14. The van der Waals surface area contributed by atoms with Gasteiger partial charge in [0.1, 0.15) is 17.0 Å².